The van der Waals surface area contributed by atoms with E-state index in [1.54, 1.807) is 0 Å². The van der Waals surface area contributed by atoms with Crippen LogP contribution in [0, 0.1) is 17.8 Å². The number of rotatable bonds is 76. The van der Waals surface area contributed by atoms with E-state index >= 15 is 0 Å². The van der Waals surface area contributed by atoms with Crippen LogP contribution in [0.2, 0.25) is 0 Å². The van der Waals surface area contributed by atoms with Gasteiger partial charge in [-0.1, -0.05) is 350 Å². The lowest BCUT2D eigenvalue weighted by molar-refractivity contribution is -0.161. The Morgan fingerprint density at radius 1 is 0.299 bits per heavy atom. The Hall–Kier alpha value is -1.94. The molecule has 0 rings (SSSR count). The molecule has 0 aliphatic rings. The molecule has 0 bridgehead atoms. The summed E-state index contributed by atoms with van der Waals surface area (Å²) in [6.45, 7) is 12.0. The van der Waals surface area contributed by atoms with E-state index in [2.05, 4.69) is 48.5 Å². The molecule has 576 valence electrons. The number of esters is 4. The molecule has 17 nitrogen and oxygen atoms in total. The summed E-state index contributed by atoms with van der Waals surface area (Å²) in [5.41, 5.74) is 0. The molecule has 0 aromatic heterocycles. The maximum atomic E-state index is 13.1. The zero-order valence-electron chi connectivity index (χ0n) is 63.5. The van der Waals surface area contributed by atoms with Crippen molar-refractivity contribution in [3.63, 3.8) is 0 Å². The Morgan fingerprint density at radius 3 is 0.784 bits per heavy atom. The van der Waals surface area contributed by atoms with E-state index in [0.29, 0.717) is 25.7 Å². The highest BCUT2D eigenvalue weighted by atomic mass is 31.2. The molecule has 0 aromatic rings. The molecule has 0 aliphatic heterocycles. The molecule has 0 saturated carbocycles. The van der Waals surface area contributed by atoms with Crippen molar-refractivity contribution in [1.29, 1.82) is 0 Å². The molecule has 3 N–H and O–H groups in total. The van der Waals surface area contributed by atoms with Crippen molar-refractivity contribution >= 4 is 39.5 Å². The van der Waals surface area contributed by atoms with Gasteiger partial charge in [0, 0.05) is 25.7 Å². The fourth-order valence-corrected chi connectivity index (χ4v) is 13.5. The lowest BCUT2D eigenvalue weighted by Gasteiger charge is -2.21. The fraction of sp³-hybridized carbons (Fsp3) is 0.949. The number of aliphatic hydroxyl groups excluding tert-OH is 1. The van der Waals surface area contributed by atoms with Crippen molar-refractivity contribution in [3.05, 3.63) is 0 Å². The SMILES string of the molecule is CCCCCCCC(=O)OC[C@H](COP(=O)(O)OC[C@H](O)COP(=O)(O)OC[C@@H](COC(=O)CCCCCCCCCCCCCCCCC(C)CC)OC(=O)CCCCCCCCCCCCCCCCC(C)CC)OC(=O)CCCCCCCCCCCCCCCC(C)C. The van der Waals surface area contributed by atoms with Crippen LogP contribution in [0.4, 0.5) is 0 Å². The number of phosphoric ester groups is 2. The largest absolute Gasteiger partial charge is 0.472 e. The smallest absolute Gasteiger partial charge is 0.462 e. The lowest BCUT2D eigenvalue weighted by atomic mass is 9.99. The Labute approximate surface area is 594 Å². The van der Waals surface area contributed by atoms with Gasteiger partial charge in [0.25, 0.3) is 0 Å². The van der Waals surface area contributed by atoms with Gasteiger partial charge >= 0.3 is 39.5 Å². The van der Waals surface area contributed by atoms with Gasteiger partial charge in [-0.3, -0.25) is 37.3 Å². The fourth-order valence-electron chi connectivity index (χ4n) is 11.9. The summed E-state index contributed by atoms with van der Waals surface area (Å²) in [5.74, 6) is 0.357. The van der Waals surface area contributed by atoms with Crippen molar-refractivity contribution in [2.24, 2.45) is 17.8 Å². The van der Waals surface area contributed by atoms with Crippen molar-refractivity contribution in [1.82, 2.24) is 0 Å². The van der Waals surface area contributed by atoms with Gasteiger partial charge in [0.15, 0.2) is 12.2 Å². The standard InChI is InChI=1S/C78H152O17P2/c1-8-11-12-42-52-59-75(80)88-65-73(94-77(82)61-55-48-41-35-29-23-17-18-24-30-36-43-49-56-69(4)5)67-92-96(84,85)90-63-72(79)64-91-97(86,87)93-68-74(95-78(83)62-54-47-40-34-28-22-16-14-20-26-32-38-45-51-58-71(7)10-3)66-89-76(81)60-53-46-39-33-27-21-15-13-19-25-31-37-44-50-57-70(6)9-2/h69-74,79H,8-68H2,1-7H3,(H,84,85)(H,86,87)/t70?,71?,72-,73+,74+/m0/s1. The monoisotopic (exact) mass is 1420 g/mol. The summed E-state index contributed by atoms with van der Waals surface area (Å²) in [7, 11) is -9.91. The minimum atomic E-state index is -4.96. The van der Waals surface area contributed by atoms with Crippen LogP contribution < -0.4 is 0 Å². The molecule has 0 aromatic carbocycles. The molecule has 4 unspecified atom stereocenters. The number of aliphatic hydroxyl groups is 1. The Balaban J connectivity index is 5.14. The van der Waals surface area contributed by atoms with Crippen LogP contribution in [0.5, 0.6) is 0 Å². The minimum absolute atomic E-state index is 0.106. The summed E-state index contributed by atoms with van der Waals surface area (Å²) in [5, 5.41) is 10.6. The molecule has 0 saturated heterocycles. The van der Waals surface area contributed by atoms with Crippen molar-refractivity contribution in [2.75, 3.05) is 39.6 Å². The Kier molecular flexibility index (Phi) is 67.1. The first kappa shape index (κ1) is 95.1. The van der Waals surface area contributed by atoms with E-state index in [4.69, 9.17) is 37.0 Å². The van der Waals surface area contributed by atoms with Crippen LogP contribution in [0.3, 0.4) is 0 Å². The maximum Gasteiger partial charge on any atom is 0.472 e. The van der Waals surface area contributed by atoms with E-state index in [9.17, 15) is 43.2 Å². The zero-order chi connectivity index (χ0) is 71.6. The second kappa shape index (κ2) is 68.5. The molecule has 7 atom stereocenters. The molecule has 0 heterocycles. The summed E-state index contributed by atoms with van der Waals surface area (Å²) in [6.07, 6.45) is 55.7. The van der Waals surface area contributed by atoms with Crippen molar-refractivity contribution < 1.29 is 80.2 Å². The second-order valence-corrected chi connectivity index (χ2v) is 32.0. The van der Waals surface area contributed by atoms with Crippen LogP contribution in [-0.2, 0) is 65.4 Å². The minimum Gasteiger partial charge on any atom is -0.462 e. The van der Waals surface area contributed by atoms with Crippen LogP contribution in [0.25, 0.3) is 0 Å². The number of hydrogen-bond donors (Lipinski definition) is 3. The average Bonchev–Trinajstić information content (AvgIpc) is 3.00. The van der Waals surface area contributed by atoms with E-state index < -0.39 is 97.5 Å². The van der Waals surface area contributed by atoms with Crippen molar-refractivity contribution in [3.8, 4) is 0 Å². The summed E-state index contributed by atoms with van der Waals surface area (Å²) in [6, 6.07) is 0. The van der Waals surface area contributed by atoms with Crippen LogP contribution in [-0.4, -0.2) is 96.7 Å². The van der Waals surface area contributed by atoms with Gasteiger partial charge in [0.2, 0.25) is 0 Å². The lowest BCUT2D eigenvalue weighted by Crippen LogP contribution is -2.30. The third-order valence-electron chi connectivity index (χ3n) is 18.9. The maximum absolute atomic E-state index is 13.1. The topological polar surface area (TPSA) is 237 Å². The van der Waals surface area contributed by atoms with Gasteiger partial charge in [-0.05, 0) is 43.4 Å². The molecule has 0 aliphatic carbocycles. The normalized spacial score (nSPS) is 14.6. The molecule has 19 heteroatoms. The Bertz CT molecular complexity index is 1890. The predicted octanol–water partition coefficient (Wildman–Crippen LogP) is 23.0. The summed E-state index contributed by atoms with van der Waals surface area (Å²) >= 11 is 0. The van der Waals surface area contributed by atoms with Gasteiger partial charge < -0.3 is 33.8 Å². The van der Waals surface area contributed by atoms with Gasteiger partial charge in [-0.15, -0.1) is 0 Å². The van der Waals surface area contributed by atoms with Gasteiger partial charge in [0.1, 0.15) is 19.3 Å². The highest BCUT2D eigenvalue weighted by molar-refractivity contribution is 7.47. The first-order valence-electron chi connectivity index (χ1n) is 40.4. The highest BCUT2D eigenvalue weighted by Crippen LogP contribution is 2.45. The molecule has 0 radical (unpaired) electrons. The van der Waals surface area contributed by atoms with E-state index in [0.717, 1.165) is 114 Å². The highest BCUT2D eigenvalue weighted by Gasteiger charge is 2.30. The van der Waals surface area contributed by atoms with Gasteiger partial charge in [0.05, 0.1) is 26.4 Å². The van der Waals surface area contributed by atoms with E-state index in [1.807, 2.05) is 0 Å². The third kappa shape index (κ3) is 69.5. The molecule has 0 amide bonds. The number of carbonyl (C=O) groups is 4. The van der Waals surface area contributed by atoms with Gasteiger partial charge in [-0.25, -0.2) is 9.13 Å². The molecular formula is C78H152O17P2. The summed E-state index contributed by atoms with van der Waals surface area (Å²) < 4.78 is 68.4. The third-order valence-corrected chi connectivity index (χ3v) is 20.8. The first-order chi connectivity index (χ1) is 46.8. The number of unbranched alkanes of at least 4 members (excludes halogenated alkanes) is 42. The predicted molar refractivity (Wildman–Crippen MR) is 395 cm³/mol. The number of carbonyl (C=O) groups excluding carboxylic acids is 4. The van der Waals surface area contributed by atoms with Crippen LogP contribution in [0.15, 0.2) is 0 Å². The van der Waals surface area contributed by atoms with Crippen molar-refractivity contribution in [2.45, 2.75) is 420 Å². The summed E-state index contributed by atoms with van der Waals surface area (Å²) in [4.78, 5) is 72.6. The van der Waals surface area contributed by atoms with E-state index in [-0.39, 0.29) is 25.7 Å². The van der Waals surface area contributed by atoms with Crippen LogP contribution >= 0.6 is 15.6 Å². The number of phosphoric acid groups is 2. The molecule has 0 fully saturated rings. The Morgan fingerprint density at radius 2 is 0.526 bits per heavy atom. The number of hydrogen-bond acceptors (Lipinski definition) is 15. The van der Waals surface area contributed by atoms with E-state index in [1.165, 1.54) is 205 Å². The molecular weight excluding hydrogens is 1270 g/mol. The zero-order valence-corrected chi connectivity index (χ0v) is 65.3. The second-order valence-electron chi connectivity index (χ2n) is 29.1. The van der Waals surface area contributed by atoms with Crippen LogP contribution in [0.1, 0.15) is 402 Å². The van der Waals surface area contributed by atoms with Gasteiger partial charge in [-0.2, -0.15) is 0 Å². The molecule has 97 heavy (non-hydrogen) atoms. The molecule has 0 spiro atoms. The average molecular weight is 1420 g/mol. The number of ether oxygens (including phenoxy) is 4. The first-order valence-corrected chi connectivity index (χ1v) is 43.4. The quantitative estimate of drug-likeness (QED) is 0.0222.